The number of aliphatic imine (C=N–C) groups is 1. The van der Waals surface area contributed by atoms with Crippen LogP contribution in [0, 0.1) is 6.92 Å². The van der Waals surface area contributed by atoms with Crippen molar-refractivity contribution >= 4 is 23.1 Å². The van der Waals surface area contributed by atoms with Crippen molar-refractivity contribution in [2.24, 2.45) is 4.99 Å². The van der Waals surface area contributed by atoms with Gasteiger partial charge in [-0.1, -0.05) is 11.6 Å². The van der Waals surface area contributed by atoms with Gasteiger partial charge in [0.15, 0.2) is 11.5 Å². The first kappa shape index (κ1) is 18.8. The van der Waals surface area contributed by atoms with E-state index in [0.717, 1.165) is 45.5 Å². The first-order valence-electron chi connectivity index (χ1n) is 9.47. The van der Waals surface area contributed by atoms with Crippen molar-refractivity contribution in [3.05, 3.63) is 52.0 Å². The third kappa shape index (κ3) is 4.14. The molecule has 2 heterocycles. The molecule has 0 atom stereocenters. The van der Waals surface area contributed by atoms with E-state index in [9.17, 15) is 4.79 Å². The van der Waals surface area contributed by atoms with E-state index in [0.29, 0.717) is 32.4 Å². The second-order valence-electron chi connectivity index (χ2n) is 7.02. The van der Waals surface area contributed by atoms with Crippen molar-refractivity contribution in [2.75, 3.05) is 19.9 Å². The molecule has 28 heavy (non-hydrogen) atoms. The molecule has 146 valence electrons. The zero-order valence-corrected chi connectivity index (χ0v) is 16.6. The molecular formula is C22H22ClNO4. The number of rotatable bonds is 7. The van der Waals surface area contributed by atoms with Crippen LogP contribution in [0.2, 0.25) is 5.02 Å². The van der Waals surface area contributed by atoms with Crippen molar-refractivity contribution in [1.82, 2.24) is 0 Å². The Bertz CT molecular complexity index is 938. The summed E-state index contributed by atoms with van der Waals surface area (Å²) in [5, 5.41) is 0.721. The van der Waals surface area contributed by atoms with E-state index >= 15 is 0 Å². The lowest BCUT2D eigenvalue weighted by atomic mass is 9.93. The van der Waals surface area contributed by atoms with Crippen LogP contribution in [0.1, 0.15) is 36.0 Å². The maximum Gasteiger partial charge on any atom is 0.231 e. The van der Waals surface area contributed by atoms with Gasteiger partial charge in [0, 0.05) is 35.7 Å². The number of ketones is 1. The first-order valence-corrected chi connectivity index (χ1v) is 9.85. The summed E-state index contributed by atoms with van der Waals surface area (Å²) < 4.78 is 16.6. The van der Waals surface area contributed by atoms with Crippen LogP contribution in [0.5, 0.6) is 17.2 Å². The molecule has 0 aromatic heterocycles. The molecule has 2 aliphatic heterocycles. The average Bonchev–Trinajstić information content (AvgIpc) is 3.14. The largest absolute Gasteiger partial charge is 0.494 e. The molecule has 0 N–H and O–H groups in total. The monoisotopic (exact) mass is 399 g/mol. The average molecular weight is 400 g/mol. The van der Waals surface area contributed by atoms with Crippen LogP contribution in [0.4, 0.5) is 0 Å². The van der Waals surface area contributed by atoms with Crippen molar-refractivity contribution in [3.63, 3.8) is 0 Å². The zero-order chi connectivity index (χ0) is 19.5. The van der Waals surface area contributed by atoms with Crippen LogP contribution < -0.4 is 14.2 Å². The summed E-state index contributed by atoms with van der Waals surface area (Å²) in [5.74, 6) is 2.45. The normalized spacial score (nSPS) is 14.4. The van der Waals surface area contributed by atoms with E-state index < -0.39 is 0 Å². The molecule has 2 aromatic rings. The molecule has 6 heteroatoms. The molecule has 2 aliphatic rings. The first-order chi connectivity index (χ1) is 13.6. The Morgan fingerprint density at radius 2 is 2.04 bits per heavy atom. The van der Waals surface area contributed by atoms with Gasteiger partial charge in [-0.2, -0.15) is 0 Å². The number of carbonyl (C=O) groups is 1. The fourth-order valence-corrected chi connectivity index (χ4v) is 3.57. The van der Waals surface area contributed by atoms with Crippen molar-refractivity contribution < 1.29 is 19.0 Å². The number of fused-ring (bicyclic) bond motifs is 2. The molecular weight excluding hydrogens is 378 g/mol. The van der Waals surface area contributed by atoms with Gasteiger partial charge >= 0.3 is 0 Å². The van der Waals surface area contributed by atoms with Crippen LogP contribution >= 0.6 is 11.6 Å². The molecule has 5 nitrogen and oxygen atoms in total. The van der Waals surface area contributed by atoms with Crippen LogP contribution in [0.25, 0.3) is 0 Å². The minimum absolute atomic E-state index is 0.167. The molecule has 0 bridgehead atoms. The Morgan fingerprint density at radius 3 is 2.86 bits per heavy atom. The number of carbonyl (C=O) groups excluding carboxylic acids is 1. The Morgan fingerprint density at radius 1 is 1.21 bits per heavy atom. The number of benzene rings is 2. The lowest BCUT2D eigenvalue weighted by molar-refractivity contribution is -0.118. The molecule has 0 spiro atoms. The molecule has 0 unspecified atom stereocenters. The summed E-state index contributed by atoms with van der Waals surface area (Å²) in [6.45, 7) is 3.38. The standard InChI is InChI=1S/C22H22ClNO4/c1-14-9-17(4-5-19(14)23)26-8-2-3-16(25)11-20-18-12-22-21(27-13-28-22)10-15(18)6-7-24-20/h4-5,9-10,12H,2-3,6-8,11,13H2,1H3. The minimum Gasteiger partial charge on any atom is -0.494 e. The van der Waals surface area contributed by atoms with Gasteiger partial charge in [0.1, 0.15) is 11.5 Å². The molecule has 0 aliphatic carbocycles. The lowest BCUT2D eigenvalue weighted by Crippen LogP contribution is -2.17. The second-order valence-corrected chi connectivity index (χ2v) is 7.43. The number of Topliss-reactive ketones (excluding diaryl/α,β-unsaturated/α-hetero) is 1. The van der Waals surface area contributed by atoms with Gasteiger partial charge in [0.25, 0.3) is 0 Å². The van der Waals surface area contributed by atoms with Crippen molar-refractivity contribution in [3.8, 4) is 17.2 Å². The van der Waals surface area contributed by atoms with E-state index in [1.807, 2.05) is 37.3 Å². The highest BCUT2D eigenvalue weighted by Crippen LogP contribution is 2.36. The van der Waals surface area contributed by atoms with Crippen LogP contribution in [-0.2, 0) is 11.2 Å². The smallest absolute Gasteiger partial charge is 0.231 e. The van der Waals surface area contributed by atoms with Crippen molar-refractivity contribution in [2.45, 2.75) is 32.6 Å². The van der Waals surface area contributed by atoms with Gasteiger partial charge in [-0.25, -0.2) is 0 Å². The maximum atomic E-state index is 12.5. The van der Waals surface area contributed by atoms with E-state index in [2.05, 4.69) is 4.99 Å². The predicted molar refractivity (Wildman–Crippen MR) is 108 cm³/mol. The van der Waals surface area contributed by atoms with Gasteiger partial charge in [-0.15, -0.1) is 0 Å². The summed E-state index contributed by atoms with van der Waals surface area (Å²) in [6, 6.07) is 9.53. The molecule has 0 amide bonds. The van der Waals surface area contributed by atoms with E-state index in [4.69, 9.17) is 25.8 Å². The summed E-state index contributed by atoms with van der Waals surface area (Å²) in [6.07, 6.45) is 2.33. The lowest BCUT2D eigenvalue weighted by Gasteiger charge is -2.17. The number of hydrogen-bond acceptors (Lipinski definition) is 5. The van der Waals surface area contributed by atoms with Gasteiger partial charge < -0.3 is 14.2 Å². The van der Waals surface area contributed by atoms with Crippen LogP contribution in [0.3, 0.4) is 0 Å². The predicted octanol–water partition coefficient (Wildman–Crippen LogP) is 4.54. The molecule has 0 saturated heterocycles. The van der Waals surface area contributed by atoms with Crippen LogP contribution in [-0.4, -0.2) is 31.4 Å². The molecule has 0 radical (unpaired) electrons. The number of nitrogens with zero attached hydrogens (tertiary/aromatic N) is 1. The highest BCUT2D eigenvalue weighted by atomic mass is 35.5. The van der Waals surface area contributed by atoms with Crippen LogP contribution in [0.15, 0.2) is 35.3 Å². The Kier molecular flexibility index (Phi) is 5.53. The van der Waals surface area contributed by atoms with Gasteiger partial charge in [-0.05, 0) is 61.2 Å². The number of halogens is 1. The highest BCUT2D eigenvalue weighted by Gasteiger charge is 2.22. The Labute approximate surface area is 169 Å². The summed E-state index contributed by atoms with van der Waals surface area (Å²) in [7, 11) is 0. The maximum absolute atomic E-state index is 12.5. The number of aryl methyl sites for hydroxylation is 1. The quantitative estimate of drug-likeness (QED) is 0.641. The SMILES string of the molecule is Cc1cc(OCCCC(=O)CC2=NCCc3cc4c(cc32)OCO4)ccc1Cl. The fourth-order valence-electron chi connectivity index (χ4n) is 3.45. The summed E-state index contributed by atoms with van der Waals surface area (Å²) in [4.78, 5) is 17.0. The molecule has 4 rings (SSSR count). The number of ether oxygens (including phenoxy) is 3. The number of hydrogen-bond donors (Lipinski definition) is 0. The van der Waals surface area contributed by atoms with E-state index in [1.165, 1.54) is 5.56 Å². The van der Waals surface area contributed by atoms with E-state index in [1.54, 1.807) is 0 Å². The zero-order valence-electron chi connectivity index (χ0n) is 15.8. The summed E-state index contributed by atoms with van der Waals surface area (Å²) >= 11 is 6.02. The van der Waals surface area contributed by atoms with Crippen molar-refractivity contribution in [1.29, 1.82) is 0 Å². The summed E-state index contributed by atoms with van der Waals surface area (Å²) in [5.41, 5.74) is 4.00. The van der Waals surface area contributed by atoms with Gasteiger partial charge in [0.05, 0.1) is 6.61 Å². The highest BCUT2D eigenvalue weighted by molar-refractivity contribution is 6.31. The third-order valence-corrected chi connectivity index (χ3v) is 5.38. The Hall–Kier alpha value is -2.53. The topological polar surface area (TPSA) is 57.1 Å². The van der Waals surface area contributed by atoms with Gasteiger partial charge in [-0.3, -0.25) is 9.79 Å². The molecule has 0 saturated carbocycles. The molecule has 0 fully saturated rings. The Balaban J connectivity index is 1.30. The second kappa shape index (κ2) is 8.23. The minimum atomic E-state index is 0.167. The molecule has 2 aromatic carbocycles. The third-order valence-electron chi connectivity index (χ3n) is 4.96. The fraction of sp³-hybridized carbons (Fsp3) is 0.364. The van der Waals surface area contributed by atoms with Gasteiger partial charge in [0.2, 0.25) is 6.79 Å². The van der Waals surface area contributed by atoms with E-state index in [-0.39, 0.29) is 12.6 Å².